The monoisotopic (exact) mass is 327 g/mol. The Kier molecular flexibility index (Phi) is 3.50. The van der Waals surface area contributed by atoms with Crippen LogP contribution in [0.15, 0.2) is 84.1 Å². The molecule has 25 heavy (non-hydrogen) atoms. The van der Waals surface area contributed by atoms with Gasteiger partial charge in [0.15, 0.2) is 5.78 Å². The van der Waals surface area contributed by atoms with Gasteiger partial charge in [0, 0.05) is 23.8 Å². The summed E-state index contributed by atoms with van der Waals surface area (Å²) >= 11 is 0. The summed E-state index contributed by atoms with van der Waals surface area (Å²) < 4.78 is 0. The molecule has 0 saturated heterocycles. The van der Waals surface area contributed by atoms with Crippen LogP contribution in [0, 0.1) is 0 Å². The van der Waals surface area contributed by atoms with E-state index in [4.69, 9.17) is 0 Å². The zero-order valence-electron chi connectivity index (χ0n) is 14.8. The third-order valence-corrected chi connectivity index (χ3v) is 5.21. The highest BCUT2D eigenvalue weighted by molar-refractivity contribution is 6.01. The number of rotatable bonds is 1. The fourth-order valence-corrected chi connectivity index (χ4v) is 3.95. The van der Waals surface area contributed by atoms with Crippen LogP contribution in [0.4, 0.5) is 5.69 Å². The minimum atomic E-state index is -0.0834. The van der Waals surface area contributed by atoms with Crippen molar-refractivity contribution in [1.29, 1.82) is 0 Å². The number of allylic oxidation sites excluding steroid dienone is 8. The fraction of sp³-hybridized carbons (Fsp3) is 0.174. The first kappa shape index (κ1) is 15.6. The second kappa shape index (κ2) is 5.59. The third-order valence-electron chi connectivity index (χ3n) is 5.21. The van der Waals surface area contributed by atoms with E-state index in [1.165, 1.54) is 27.7 Å². The lowest BCUT2D eigenvalue weighted by Gasteiger charge is -2.24. The van der Waals surface area contributed by atoms with Gasteiger partial charge in [-0.25, -0.2) is 0 Å². The third kappa shape index (κ3) is 2.45. The molecule has 0 N–H and O–H groups in total. The largest absolute Gasteiger partial charge is 0.347 e. The van der Waals surface area contributed by atoms with E-state index in [-0.39, 0.29) is 11.2 Å². The topological polar surface area (TPSA) is 20.3 Å². The van der Waals surface area contributed by atoms with Crippen molar-refractivity contribution < 1.29 is 4.79 Å². The van der Waals surface area contributed by atoms with Gasteiger partial charge < -0.3 is 4.90 Å². The van der Waals surface area contributed by atoms with Gasteiger partial charge in [-0.3, -0.25) is 4.79 Å². The summed E-state index contributed by atoms with van der Waals surface area (Å²) in [6, 6.07) is 13.0. The molecule has 0 fully saturated rings. The Morgan fingerprint density at radius 2 is 1.64 bits per heavy atom. The van der Waals surface area contributed by atoms with Gasteiger partial charge in [0.1, 0.15) is 0 Å². The van der Waals surface area contributed by atoms with E-state index in [1.54, 1.807) is 12.2 Å². The zero-order chi connectivity index (χ0) is 17.6. The van der Waals surface area contributed by atoms with Gasteiger partial charge in [0.05, 0.1) is 0 Å². The highest BCUT2D eigenvalue weighted by Crippen LogP contribution is 2.49. The Morgan fingerprint density at radius 1 is 0.920 bits per heavy atom. The Labute approximate surface area is 148 Å². The number of benzene rings is 2. The molecular formula is C23H21NO. The maximum Gasteiger partial charge on any atom is 0.178 e. The van der Waals surface area contributed by atoms with Crippen molar-refractivity contribution in [2.75, 3.05) is 11.9 Å². The van der Waals surface area contributed by atoms with E-state index < -0.39 is 0 Å². The standard InChI is InChI=1S/C23H21NO/c1-23(2)21(15-10-16-8-12-18(25)13-9-16)24(3)20-14-11-17-6-4-5-7-19(17)22(20)23/h4-15H,1-3H3. The smallest absolute Gasteiger partial charge is 0.178 e. The molecule has 0 bridgehead atoms. The second-order valence-corrected chi connectivity index (χ2v) is 7.15. The highest BCUT2D eigenvalue weighted by Gasteiger charge is 2.39. The number of hydrogen-bond donors (Lipinski definition) is 0. The van der Waals surface area contributed by atoms with Crippen molar-refractivity contribution in [3.8, 4) is 0 Å². The van der Waals surface area contributed by atoms with Crippen LogP contribution in [0.5, 0.6) is 0 Å². The first-order valence-corrected chi connectivity index (χ1v) is 8.57. The van der Waals surface area contributed by atoms with E-state index in [0.717, 1.165) is 5.57 Å². The SMILES string of the molecule is CN1C(=CC=C2C=CC(=O)C=C2)C(C)(C)c2c1ccc1ccccc21. The number of nitrogens with zero attached hydrogens (tertiary/aromatic N) is 1. The van der Waals surface area contributed by atoms with Crippen LogP contribution in [0.2, 0.25) is 0 Å². The molecule has 0 amide bonds. The molecule has 124 valence electrons. The summed E-state index contributed by atoms with van der Waals surface area (Å²) in [6.07, 6.45) is 11.2. The number of likely N-dealkylation sites (N-methyl/N-ethyl adjacent to an activating group) is 1. The van der Waals surface area contributed by atoms with Crippen molar-refractivity contribution in [1.82, 2.24) is 0 Å². The number of carbonyl (C=O) groups excluding carboxylic acids is 1. The number of carbonyl (C=O) groups is 1. The summed E-state index contributed by atoms with van der Waals surface area (Å²) in [7, 11) is 2.13. The van der Waals surface area contributed by atoms with Crippen LogP contribution in [0.25, 0.3) is 10.8 Å². The van der Waals surface area contributed by atoms with Crippen LogP contribution in [0.1, 0.15) is 19.4 Å². The maximum absolute atomic E-state index is 11.3. The van der Waals surface area contributed by atoms with E-state index in [1.807, 2.05) is 12.2 Å². The summed E-state index contributed by atoms with van der Waals surface area (Å²) in [6.45, 7) is 4.56. The molecule has 0 saturated carbocycles. The lowest BCUT2D eigenvalue weighted by molar-refractivity contribution is -0.110. The van der Waals surface area contributed by atoms with E-state index >= 15 is 0 Å². The molecule has 2 aromatic rings. The number of ketones is 1. The highest BCUT2D eigenvalue weighted by atomic mass is 16.1. The molecule has 2 nitrogen and oxygen atoms in total. The number of hydrogen-bond acceptors (Lipinski definition) is 2. The normalized spacial score (nSPS) is 19.8. The van der Waals surface area contributed by atoms with E-state index in [9.17, 15) is 4.79 Å². The second-order valence-electron chi connectivity index (χ2n) is 7.15. The van der Waals surface area contributed by atoms with Gasteiger partial charge in [-0.1, -0.05) is 62.4 Å². The van der Waals surface area contributed by atoms with Crippen LogP contribution < -0.4 is 4.90 Å². The first-order valence-electron chi connectivity index (χ1n) is 8.57. The van der Waals surface area contributed by atoms with Crippen LogP contribution in [-0.2, 0) is 10.2 Å². The lowest BCUT2D eigenvalue weighted by Crippen LogP contribution is -2.22. The summed E-state index contributed by atoms with van der Waals surface area (Å²) in [5, 5.41) is 2.59. The quantitative estimate of drug-likeness (QED) is 0.728. The predicted molar refractivity (Wildman–Crippen MR) is 105 cm³/mol. The van der Waals surface area contributed by atoms with Crippen molar-refractivity contribution >= 4 is 22.2 Å². The average molecular weight is 327 g/mol. The number of anilines is 1. The molecule has 1 aliphatic carbocycles. The van der Waals surface area contributed by atoms with Crippen LogP contribution in [0.3, 0.4) is 0 Å². The van der Waals surface area contributed by atoms with Crippen LogP contribution in [-0.4, -0.2) is 12.8 Å². The molecule has 1 heterocycles. The summed E-state index contributed by atoms with van der Waals surface area (Å²) in [4.78, 5) is 13.6. The van der Waals surface area contributed by atoms with Gasteiger partial charge in [0.2, 0.25) is 0 Å². The molecule has 0 atom stereocenters. The summed E-state index contributed by atoms with van der Waals surface area (Å²) in [5.41, 5.74) is 4.85. The van der Waals surface area contributed by atoms with Crippen molar-refractivity contribution in [2.24, 2.45) is 0 Å². The molecule has 0 unspecified atom stereocenters. The molecule has 2 heteroatoms. The Bertz CT molecular complexity index is 984. The minimum absolute atomic E-state index is 0.0435. The lowest BCUT2D eigenvalue weighted by atomic mass is 9.81. The Hall–Kier alpha value is -2.87. The minimum Gasteiger partial charge on any atom is -0.347 e. The van der Waals surface area contributed by atoms with E-state index in [2.05, 4.69) is 74.3 Å². The fourth-order valence-electron chi connectivity index (χ4n) is 3.95. The molecule has 2 aromatic carbocycles. The molecule has 0 aromatic heterocycles. The van der Waals surface area contributed by atoms with Gasteiger partial charge in [-0.05, 0) is 46.2 Å². The Balaban J connectivity index is 1.84. The van der Waals surface area contributed by atoms with Gasteiger partial charge in [0.25, 0.3) is 0 Å². The average Bonchev–Trinajstić information content (AvgIpc) is 2.81. The van der Waals surface area contributed by atoms with Crippen LogP contribution >= 0.6 is 0 Å². The maximum atomic E-state index is 11.3. The molecule has 4 rings (SSSR count). The van der Waals surface area contributed by atoms with Crippen molar-refractivity contribution in [2.45, 2.75) is 19.3 Å². The predicted octanol–water partition coefficient (Wildman–Crippen LogP) is 5.07. The molecule has 0 radical (unpaired) electrons. The van der Waals surface area contributed by atoms with Gasteiger partial charge >= 0.3 is 0 Å². The first-order chi connectivity index (χ1) is 12.0. The van der Waals surface area contributed by atoms with E-state index in [0.29, 0.717) is 0 Å². The zero-order valence-corrected chi connectivity index (χ0v) is 14.8. The molecular weight excluding hydrogens is 306 g/mol. The van der Waals surface area contributed by atoms with Crippen molar-refractivity contribution in [3.63, 3.8) is 0 Å². The molecule has 0 spiro atoms. The molecule has 1 aliphatic heterocycles. The number of fused-ring (bicyclic) bond motifs is 3. The van der Waals surface area contributed by atoms with Crippen molar-refractivity contribution in [3.05, 3.63) is 89.7 Å². The van der Waals surface area contributed by atoms with Gasteiger partial charge in [-0.15, -0.1) is 0 Å². The summed E-state index contributed by atoms with van der Waals surface area (Å²) in [5.74, 6) is 0.0435. The molecule has 2 aliphatic rings. The van der Waals surface area contributed by atoms with Gasteiger partial charge in [-0.2, -0.15) is 0 Å². The Morgan fingerprint density at radius 3 is 2.40 bits per heavy atom.